The molecule has 0 bridgehead atoms. The van der Waals surface area contributed by atoms with Gasteiger partial charge in [-0.05, 0) is 51.2 Å². The maximum Gasteiger partial charge on any atom is 0.322 e. The highest BCUT2D eigenvalue weighted by Gasteiger charge is 2.48. The van der Waals surface area contributed by atoms with Crippen LogP contribution < -0.4 is 16.2 Å². The Morgan fingerprint density at radius 2 is 1.55 bits per heavy atom. The lowest BCUT2D eigenvalue weighted by Crippen LogP contribution is -2.49. The summed E-state index contributed by atoms with van der Waals surface area (Å²) in [6.45, 7) is -0.0130. The van der Waals surface area contributed by atoms with E-state index < -0.39 is 17.5 Å². The Kier molecular flexibility index (Phi) is 5.07. The largest absolute Gasteiger partial charge is 0.322 e. The molecule has 29 heavy (non-hydrogen) atoms. The van der Waals surface area contributed by atoms with Gasteiger partial charge in [0.05, 0.1) is 11.0 Å². The molecule has 1 atom stereocenters. The maximum atomic E-state index is 12.8. The average Bonchev–Trinajstić information content (AvgIpc) is 3.01. The molecule has 1 aliphatic heterocycles. The predicted molar refractivity (Wildman–Crippen MR) is 112 cm³/mol. The Morgan fingerprint density at radius 3 is 2.21 bits per heavy atom. The van der Waals surface area contributed by atoms with E-state index in [-0.39, 0.29) is 12.1 Å². The number of nitrogens with zero attached hydrogens (tertiary/aromatic N) is 1. The molecular formula is C22H18BrN3O3. The molecule has 0 spiro atoms. The number of pyridine rings is 1. The standard InChI is InChI=1S/C22H18BrN3O3/c23-18-7-4-12-26(19(18)27)14-22(20(28)24-21(29)25-22)17-10-8-16(9-11-17)13-15-5-2-1-3-6-15/h1-12H,13-14H2,(H2,24,25,28,29). The third kappa shape index (κ3) is 3.73. The first-order valence-corrected chi connectivity index (χ1v) is 9.89. The van der Waals surface area contributed by atoms with Crippen molar-refractivity contribution in [2.75, 3.05) is 0 Å². The van der Waals surface area contributed by atoms with Crippen molar-refractivity contribution in [2.45, 2.75) is 18.5 Å². The summed E-state index contributed by atoms with van der Waals surface area (Å²) >= 11 is 3.22. The molecule has 4 rings (SSSR count). The van der Waals surface area contributed by atoms with Crippen LogP contribution in [-0.4, -0.2) is 16.5 Å². The van der Waals surface area contributed by atoms with Crippen molar-refractivity contribution < 1.29 is 9.59 Å². The first-order chi connectivity index (χ1) is 14.0. The number of imide groups is 1. The number of rotatable bonds is 5. The van der Waals surface area contributed by atoms with E-state index in [0.29, 0.717) is 10.0 Å². The predicted octanol–water partition coefficient (Wildman–Crippen LogP) is 2.94. The highest BCUT2D eigenvalue weighted by atomic mass is 79.9. The van der Waals surface area contributed by atoms with Gasteiger partial charge in [0.15, 0.2) is 5.54 Å². The average molecular weight is 452 g/mol. The molecule has 3 amide bonds. The van der Waals surface area contributed by atoms with E-state index >= 15 is 0 Å². The third-order valence-electron chi connectivity index (χ3n) is 5.02. The first kappa shape index (κ1) is 19.1. The Balaban J connectivity index is 1.69. The van der Waals surface area contributed by atoms with E-state index in [0.717, 1.165) is 12.0 Å². The molecule has 2 heterocycles. The number of aromatic nitrogens is 1. The van der Waals surface area contributed by atoms with Gasteiger partial charge in [-0.3, -0.25) is 14.9 Å². The van der Waals surface area contributed by atoms with E-state index in [4.69, 9.17) is 0 Å². The fraction of sp³-hybridized carbons (Fsp3) is 0.136. The number of amides is 3. The van der Waals surface area contributed by atoms with Crippen LogP contribution in [0.15, 0.2) is 82.2 Å². The molecule has 0 radical (unpaired) electrons. The number of urea groups is 1. The minimum atomic E-state index is -1.35. The van der Waals surface area contributed by atoms with Crippen LogP contribution in [0.1, 0.15) is 16.7 Å². The summed E-state index contributed by atoms with van der Waals surface area (Å²) in [5.41, 5.74) is 1.25. The van der Waals surface area contributed by atoms with Gasteiger partial charge < -0.3 is 9.88 Å². The highest BCUT2D eigenvalue weighted by molar-refractivity contribution is 9.10. The van der Waals surface area contributed by atoms with E-state index in [2.05, 4.69) is 38.7 Å². The summed E-state index contributed by atoms with van der Waals surface area (Å²) < 4.78 is 1.80. The molecule has 146 valence electrons. The minimum Gasteiger partial charge on any atom is -0.318 e. The van der Waals surface area contributed by atoms with Crippen LogP contribution in [0.5, 0.6) is 0 Å². The lowest BCUT2D eigenvalue weighted by atomic mass is 9.88. The van der Waals surface area contributed by atoms with Crippen LogP contribution in [-0.2, 0) is 23.3 Å². The van der Waals surface area contributed by atoms with Gasteiger partial charge in [0.25, 0.3) is 11.5 Å². The third-order valence-corrected chi connectivity index (χ3v) is 5.62. The van der Waals surface area contributed by atoms with Crippen LogP contribution in [0.25, 0.3) is 0 Å². The van der Waals surface area contributed by atoms with Crippen molar-refractivity contribution in [1.82, 2.24) is 15.2 Å². The van der Waals surface area contributed by atoms with E-state index in [1.165, 1.54) is 10.1 Å². The van der Waals surface area contributed by atoms with Crippen molar-refractivity contribution in [2.24, 2.45) is 0 Å². The van der Waals surface area contributed by atoms with Crippen LogP contribution in [0.4, 0.5) is 4.79 Å². The van der Waals surface area contributed by atoms with Gasteiger partial charge in [0.2, 0.25) is 0 Å². The molecule has 1 saturated heterocycles. The molecule has 1 aromatic heterocycles. The van der Waals surface area contributed by atoms with Gasteiger partial charge in [0, 0.05) is 6.20 Å². The zero-order valence-corrected chi connectivity index (χ0v) is 17.0. The van der Waals surface area contributed by atoms with Crippen LogP contribution >= 0.6 is 15.9 Å². The molecule has 0 aliphatic carbocycles. The molecule has 1 fully saturated rings. The van der Waals surface area contributed by atoms with Crippen molar-refractivity contribution in [1.29, 1.82) is 0 Å². The van der Waals surface area contributed by atoms with Gasteiger partial charge in [-0.15, -0.1) is 0 Å². The molecule has 0 saturated carbocycles. The summed E-state index contributed by atoms with van der Waals surface area (Å²) in [5.74, 6) is -0.481. The molecule has 3 aromatic rings. The summed E-state index contributed by atoms with van der Waals surface area (Å²) in [5, 5.41) is 5.02. The molecule has 1 aliphatic rings. The Morgan fingerprint density at radius 1 is 0.862 bits per heavy atom. The summed E-state index contributed by atoms with van der Waals surface area (Å²) in [7, 11) is 0. The lowest BCUT2D eigenvalue weighted by molar-refractivity contribution is -0.124. The molecule has 2 N–H and O–H groups in total. The van der Waals surface area contributed by atoms with E-state index in [1.807, 2.05) is 42.5 Å². The van der Waals surface area contributed by atoms with Gasteiger partial charge in [-0.2, -0.15) is 0 Å². The molecule has 7 heteroatoms. The van der Waals surface area contributed by atoms with Gasteiger partial charge >= 0.3 is 6.03 Å². The van der Waals surface area contributed by atoms with Crippen LogP contribution in [0.3, 0.4) is 0 Å². The maximum absolute atomic E-state index is 12.8. The second-order valence-corrected chi connectivity index (χ2v) is 7.82. The second-order valence-electron chi connectivity index (χ2n) is 6.96. The van der Waals surface area contributed by atoms with Gasteiger partial charge in [-0.25, -0.2) is 4.79 Å². The Bertz CT molecular complexity index is 1130. The number of hydrogen-bond donors (Lipinski definition) is 2. The second kappa shape index (κ2) is 7.67. The Hall–Kier alpha value is -3.19. The number of benzene rings is 2. The van der Waals surface area contributed by atoms with Crippen LogP contribution in [0, 0.1) is 0 Å². The molecule has 1 unspecified atom stereocenters. The quantitative estimate of drug-likeness (QED) is 0.585. The topological polar surface area (TPSA) is 80.2 Å². The summed E-state index contributed by atoms with van der Waals surface area (Å²) in [4.78, 5) is 37.2. The molecular weight excluding hydrogens is 434 g/mol. The normalized spacial score (nSPS) is 18.4. The van der Waals surface area contributed by atoms with E-state index in [1.54, 1.807) is 18.3 Å². The van der Waals surface area contributed by atoms with Crippen molar-refractivity contribution in [3.05, 3.63) is 104 Å². The number of halogens is 1. The fourth-order valence-electron chi connectivity index (χ4n) is 3.52. The highest BCUT2D eigenvalue weighted by Crippen LogP contribution is 2.28. The molecule has 2 aromatic carbocycles. The van der Waals surface area contributed by atoms with Crippen molar-refractivity contribution in [3.8, 4) is 0 Å². The SMILES string of the molecule is O=C1NC(=O)C(Cn2cccc(Br)c2=O)(c2ccc(Cc3ccccc3)cc2)N1. The number of hydrogen-bond acceptors (Lipinski definition) is 3. The van der Waals surface area contributed by atoms with Crippen LogP contribution in [0.2, 0.25) is 0 Å². The van der Waals surface area contributed by atoms with E-state index in [9.17, 15) is 14.4 Å². The smallest absolute Gasteiger partial charge is 0.318 e. The minimum absolute atomic E-state index is 0.0130. The number of carbonyl (C=O) groups excluding carboxylic acids is 2. The summed E-state index contributed by atoms with van der Waals surface area (Å²) in [6, 6.07) is 20.4. The fourth-order valence-corrected chi connectivity index (χ4v) is 3.90. The summed E-state index contributed by atoms with van der Waals surface area (Å²) in [6.07, 6.45) is 2.36. The van der Waals surface area contributed by atoms with Gasteiger partial charge in [0.1, 0.15) is 0 Å². The first-order valence-electron chi connectivity index (χ1n) is 9.10. The van der Waals surface area contributed by atoms with Crippen molar-refractivity contribution >= 4 is 27.9 Å². The van der Waals surface area contributed by atoms with Crippen molar-refractivity contribution in [3.63, 3.8) is 0 Å². The zero-order chi connectivity index (χ0) is 20.4. The van der Waals surface area contributed by atoms with Gasteiger partial charge in [-0.1, -0.05) is 54.6 Å². The number of nitrogens with one attached hydrogen (secondary N) is 2. The zero-order valence-electron chi connectivity index (χ0n) is 15.4. The monoisotopic (exact) mass is 451 g/mol. The lowest BCUT2D eigenvalue weighted by Gasteiger charge is -2.27. The molecule has 6 nitrogen and oxygen atoms in total. The number of carbonyl (C=O) groups is 2. The Labute approximate surface area is 175 Å².